The number of fused-ring (bicyclic) bond motifs is 1. The third-order valence-electron chi connectivity index (χ3n) is 4.61. The van der Waals surface area contributed by atoms with Crippen LogP contribution >= 0.6 is 23.1 Å². The highest BCUT2D eigenvalue weighted by molar-refractivity contribution is 8.00. The van der Waals surface area contributed by atoms with Crippen molar-refractivity contribution in [2.24, 2.45) is 0 Å². The Balaban J connectivity index is 1.65. The van der Waals surface area contributed by atoms with E-state index in [-0.39, 0.29) is 17.3 Å². The minimum absolute atomic E-state index is 0.157. The molecule has 2 aromatic rings. The molecular formula is C18H27N6O2S2+. The minimum atomic E-state index is -0.200. The molecule has 1 amide bonds. The molecule has 0 fully saturated rings. The van der Waals surface area contributed by atoms with E-state index in [1.165, 1.54) is 28.0 Å². The maximum Gasteiger partial charge on any atom is 0.348 e. The smallest absolute Gasteiger partial charge is 0.340 e. The van der Waals surface area contributed by atoms with Crippen LogP contribution in [0.3, 0.4) is 0 Å². The number of rotatable bonds is 9. The van der Waals surface area contributed by atoms with E-state index in [1.807, 2.05) is 11.5 Å². The van der Waals surface area contributed by atoms with Crippen LogP contribution in [0.2, 0.25) is 0 Å². The average molecular weight is 424 g/mol. The van der Waals surface area contributed by atoms with E-state index in [2.05, 4.69) is 34.6 Å². The highest BCUT2D eigenvalue weighted by Crippen LogP contribution is 2.29. The first-order chi connectivity index (χ1) is 13.5. The predicted octanol–water partition coefficient (Wildman–Crippen LogP) is 0.411. The van der Waals surface area contributed by atoms with Crippen LogP contribution < -0.4 is 15.9 Å². The van der Waals surface area contributed by atoms with Crippen LogP contribution in [0.15, 0.2) is 9.82 Å². The van der Waals surface area contributed by atoms with Gasteiger partial charge in [-0.05, 0) is 25.7 Å². The second kappa shape index (κ2) is 9.62. The molecule has 28 heavy (non-hydrogen) atoms. The molecule has 8 nitrogen and oxygen atoms in total. The Morgan fingerprint density at radius 1 is 1.32 bits per heavy atom. The van der Waals surface area contributed by atoms with Gasteiger partial charge in [0.2, 0.25) is 11.0 Å². The number of hydrogen-bond donors (Lipinski definition) is 2. The van der Waals surface area contributed by atoms with Crippen molar-refractivity contribution in [3.63, 3.8) is 0 Å². The van der Waals surface area contributed by atoms with Crippen LogP contribution in [-0.2, 0) is 30.6 Å². The largest absolute Gasteiger partial charge is 0.348 e. The molecule has 2 heterocycles. The molecule has 0 radical (unpaired) electrons. The van der Waals surface area contributed by atoms with Crippen LogP contribution in [0.4, 0.5) is 5.13 Å². The number of aromatic nitrogens is 4. The van der Waals surface area contributed by atoms with E-state index in [0.717, 1.165) is 54.9 Å². The van der Waals surface area contributed by atoms with Crippen molar-refractivity contribution < 1.29 is 9.69 Å². The molecule has 152 valence electrons. The standard InChI is InChI=1S/C18H26N6O2S2/c1-4-15-21-22-17(28-15)19-14(25)11-27-16-12-7-5-8-13(12)24(18(26)20-16)10-6-9-23(2)3/h4-11H2,1-3H3,(H,19,22,25)/p+1. The molecule has 0 aromatic carbocycles. The molecule has 3 rings (SSSR count). The van der Waals surface area contributed by atoms with Crippen LogP contribution in [0.1, 0.15) is 36.0 Å². The predicted molar refractivity (Wildman–Crippen MR) is 111 cm³/mol. The lowest BCUT2D eigenvalue weighted by Gasteiger charge is -2.14. The number of carbonyl (C=O) groups is 1. The number of hydrogen-bond acceptors (Lipinski definition) is 7. The number of aryl methyl sites for hydroxylation is 1. The van der Waals surface area contributed by atoms with Crippen molar-refractivity contribution in [2.75, 3.05) is 31.7 Å². The van der Waals surface area contributed by atoms with Gasteiger partial charge in [0.05, 0.1) is 26.4 Å². The third-order valence-corrected chi connectivity index (χ3v) is 6.62. The van der Waals surface area contributed by atoms with Gasteiger partial charge in [-0.25, -0.2) is 4.79 Å². The summed E-state index contributed by atoms with van der Waals surface area (Å²) in [6.07, 6.45) is 4.61. The van der Waals surface area contributed by atoms with Crippen LogP contribution in [0.5, 0.6) is 0 Å². The zero-order valence-corrected chi connectivity index (χ0v) is 18.2. The Labute approximate surface area is 172 Å². The fourth-order valence-corrected chi connectivity index (χ4v) is 4.84. The number of thioether (sulfide) groups is 1. The topological polar surface area (TPSA) is 94.2 Å². The molecule has 1 aliphatic rings. The summed E-state index contributed by atoms with van der Waals surface area (Å²) < 4.78 is 1.84. The van der Waals surface area contributed by atoms with E-state index in [9.17, 15) is 9.59 Å². The van der Waals surface area contributed by atoms with Crippen molar-refractivity contribution in [1.29, 1.82) is 0 Å². The number of nitrogens with zero attached hydrogens (tertiary/aromatic N) is 4. The molecule has 10 heteroatoms. The lowest BCUT2D eigenvalue weighted by molar-refractivity contribution is -0.858. The normalized spacial score (nSPS) is 13.1. The van der Waals surface area contributed by atoms with Gasteiger partial charge in [0.15, 0.2) is 0 Å². The van der Waals surface area contributed by atoms with E-state index in [1.54, 1.807) is 0 Å². The second-order valence-corrected chi connectivity index (χ2v) is 9.16. The van der Waals surface area contributed by atoms with Crippen molar-refractivity contribution in [1.82, 2.24) is 19.7 Å². The first-order valence-corrected chi connectivity index (χ1v) is 11.4. The highest BCUT2D eigenvalue weighted by atomic mass is 32.2. The lowest BCUT2D eigenvalue weighted by atomic mass is 10.2. The van der Waals surface area contributed by atoms with Gasteiger partial charge in [-0.2, -0.15) is 4.98 Å². The summed E-state index contributed by atoms with van der Waals surface area (Å²) in [4.78, 5) is 30.5. The Bertz CT molecular complexity index is 893. The maximum absolute atomic E-state index is 12.6. The molecule has 0 spiro atoms. The number of amides is 1. The Morgan fingerprint density at radius 2 is 2.14 bits per heavy atom. The SMILES string of the molecule is CCc1nnc(NC(=O)CSc2nc(=O)n(CCC[NH+](C)C)c3c2CCC3)s1. The van der Waals surface area contributed by atoms with Gasteiger partial charge in [0.1, 0.15) is 10.0 Å². The Morgan fingerprint density at radius 3 is 2.86 bits per heavy atom. The summed E-state index contributed by atoms with van der Waals surface area (Å²) >= 11 is 2.72. The summed E-state index contributed by atoms with van der Waals surface area (Å²) in [5, 5.41) is 12.8. The molecule has 0 bridgehead atoms. The monoisotopic (exact) mass is 423 g/mol. The summed E-state index contributed by atoms with van der Waals surface area (Å²) in [5.41, 5.74) is 2.04. The van der Waals surface area contributed by atoms with Crippen LogP contribution in [-0.4, -0.2) is 52.0 Å². The number of anilines is 1. The van der Waals surface area contributed by atoms with Gasteiger partial charge in [0.25, 0.3) is 0 Å². The van der Waals surface area contributed by atoms with E-state index >= 15 is 0 Å². The Hall–Kier alpha value is -1.78. The summed E-state index contributed by atoms with van der Waals surface area (Å²) in [5.74, 6) is 0.0453. The lowest BCUT2D eigenvalue weighted by Crippen LogP contribution is -3.05. The first kappa shape index (κ1) is 20.9. The van der Waals surface area contributed by atoms with E-state index in [0.29, 0.717) is 16.7 Å². The molecule has 0 saturated heterocycles. The summed E-state index contributed by atoms with van der Waals surface area (Å²) in [6.45, 7) is 3.73. The van der Waals surface area contributed by atoms with Gasteiger partial charge >= 0.3 is 5.69 Å². The first-order valence-electron chi connectivity index (χ1n) is 9.64. The quantitative estimate of drug-likeness (QED) is 0.448. The fraction of sp³-hybridized carbons (Fsp3) is 0.611. The highest BCUT2D eigenvalue weighted by Gasteiger charge is 2.22. The Kier molecular flexibility index (Phi) is 7.19. The van der Waals surface area contributed by atoms with Gasteiger partial charge < -0.3 is 4.90 Å². The molecule has 0 unspecified atom stereocenters. The number of quaternary nitrogens is 1. The average Bonchev–Trinajstić information content (AvgIpc) is 3.31. The molecule has 0 aliphatic heterocycles. The zero-order valence-electron chi connectivity index (χ0n) is 16.6. The van der Waals surface area contributed by atoms with E-state index < -0.39 is 0 Å². The van der Waals surface area contributed by atoms with Crippen molar-refractivity contribution in [3.05, 3.63) is 26.7 Å². The van der Waals surface area contributed by atoms with Crippen molar-refractivity contribution in [3.8, 4) is 0 Å². The van der Waals surface area contributed by atoms with Crippen molar-refractivity contribution in [2.45, 2.75) is 50.6 Å². The molecule has 0 saturated carbocycles. The minimum Gasteiger partial charge on any atom is -0.340 e. The molecule has 1 aliphatic carbocycles. The number of nitrogens with one attached hydrogen (secondary N) is 2. The third kappa shape index (κ3) is 5.18. The second-order valence-electron chi connectivity index (χ2n) is 7.13. The molecular weight excluding hydrogens is 396 g/mol. The van der Waals surface area contributed by atoms with Crippen LogP contribution in [0, 0.1) is 0 Å². The van der Waals surface area contributed by atoms with Gasteiger partial charge in [-0.3, -0.25) is 14.7 Å². The summed E-state index contributed by atoms with van der Waals surface area (Å²) in [7, 11) is 4.22. The molecule has 2 N–H and O–H groups in total. The molecule has 2 aromatic heterocycles. The van der Waals surface area contributed by atoms with Gasteiger partial charge in [-0.1, -0.05) is 30.0 Å². The summed E-state index contributed by atoms with van der Waals surface area (Å²) in [6, 6.07) is 0. The van der Waals surface area contributed by atoms with Gasteiger partial charge in [-0.15, -0.1) is 10.2 Å². The van der Waals surface area contributed by atoms with Crippen LogP contribution in [0.25, 0.3) is 0 Å². The van der Waals surface area contributed by atoms with Crippen molar-refractivity contribution >= 4 is 34.1 Å². The maximum atomic E-state index is 12.6. The number of carbonyl (C=O) groups excluding carboxylic acids is 1. The molecule has 0 atom stereocenters. The van der Waals surface area contributed by atoms with Gasteiger partial charge in [0, 0.05) is 24.2 Å². The van der Waals surface area contributed by atoms with E-state index in [4.69, 9.17) is 0 Å². The fourth-order valence-electron chi connectivity index (χ4n) is 3.26. The zero-order chi connectivity index (χ0) is 20.1.